The lowest BCUT2D eigenvalue weighted by Gasteiger charge is -2.26. The van der Waals surface area contributed by atoms with E-state index in [9.17, 15) is 9.59 Å². The average molecular weight is 459 g/mol. The van der Waals surface area contributed by atoms with E-state index < -0.39 is 11.9 Å². The van der Waals surface area contributed by atoms with E-state index in [1.807, 2.05) is 25.1 Å². The molecule has 2 aromatic heterocycles. The minimum absolute atomic E-state index is 0.0151. The first-order chi connectivity index (χ1) is 15.0. The van der Waals surface area contributed by atoms with Gasteiger partial charge in [0.2, 0.25) is 5.91 Å². The van der Waals surface area contributed by atoms with Gasteiger partial charge in [-0.1, -0.05) is 32.1 Å². The van der Waals surface area contributed by atoms with Gasteiger partial charge < -0.3 is 20.3 Å². The number of ether oxygens (including phenoxy) is 1. The molecular formula is C22H30N6O3S. The highest BCUT2D eigenvalue weighted by Gasteiger charge is 2.41. The third-order valence-electron chi connectivity index (χ3n) is 5.83. The molecule has 1 fully saturated rings. The van der Waals surface area contributed by atoms with Gasteiger partial charge in [-0.2, -0.15) is 0 Å². The fraction of sp³-hybridized carbons (Fsp3) is 0.545. The molecule has 9 nitrogen and oxygen atoms in total. The van der Waals surface area contributed by atoms with Gasteiger partial charge in [-0.05, 0) is 26.6 Å². The molecule has 0 aromatic carbocycles. The van der Waals surface area contributed by atoms with Crippen molar-refractivity contribution in [3.63, 3.8) is 0 Å². The second kappa shape index (κ2) is 8.32. The Morgan fingerprint density at radius 1 is 1.38 bits per heavy atom. The maximum atomic E-state index is 13.0. The van der Waals surface area contributed by atoms with E-state index in [-0.39, 0.29) is 17.4 Å². The number of pyridine rings is 1. The van der Waals surface area contributed by atoms with Crippen molar-refractivity contribution in [3.8, 4) is 16.2 Å². The lowest BCUT2D eigenvalue weighted by molar-refractivity contribution is -0.122. The number of nitrogens with zero attached hydrogens (tertiary/aromatic N) is 4. The van der Waals surface area contributed by atoms with Gasteiger partial charge in [-0.15, -0.1) is 0 Å². The van der Waals surface area contributed by atoms with Crippen LogP contribution < -0.4 is 15.8 Å². The first kappa shape index (κ1) is 22.5. The molecule has 2 aliphatic rings. The molecule has 0 bridgehead atoms. The number of likely N-dealkylation sites (tertiary alicyclic amines) is 1. The van der Waals surface area contributed by atoms with Crippen LogP contribution in [-0.4, -0.2) is 64.9 Å². The molecule has 2 aliphatic heterocycles. The van der Waals surface area contributed by atoms with E-state index in [1.54, 1.807) is 6.20 Å². The highest BCUT2D eigenvalue weighted by molar-refractivity contribution is 7.19. The van der Waals surface area contributed by atoms with Crippen molar-refractivity contribution in [1.82, 2.24) is 19.8 Å². The number of anilines is 1. The molecule has 1 saturated heterocycles. The van der Waals surface area contributed by atoms with Crippen molar-refractivity contribution in [2.45, 2.75) is 45.3 Å². The first-order valence-electron chi connectivity index (χ1n) is 10.7. The number of rotatable bonds is 4. The maximum absolute atomic E-state index is 13.0. The number of carbonyl (C=O) groups is 2. The highest BCUT2D eigenvalue weighted by Crippen LogP contribution is 2.43. The zero-order valence-electron chi connectivity index (χ0n) is 19.1. The van der Waals surface area contributed by atoms with Crippen LogP contribution in [0.4, 0.5) is 9.93 Å². The van der Waals surface area contributed by atoms with Crippen molar-refractivity contribution in [2.24, 2.45) is 11.7 Å². The quantitative estimate of drug-likeness (QED) is 0.728. The Balaban J connectivity index is 1.56. The van der Waals surface area contributed by atoms with Gasteiger partial charge in [-0.3, -0.25) is 15.1 Å². The third-order valence-corrected chi connectivity index (χ3v) is 6.88. The Bertz CT molecular complexity index is 1040. The second-order valence-corrected chi connectivity index (χ2v) is 10.7. The summed E-state index contributed by atoms with van der Waals surface area (Å²) in [6, 6.07) is 1.05. The molecule has 3 N–H and O–H groups in total. The molecule has 0 aliphatic carbocycles. The van der Waals surface area contributed by atoms with Gasteiger partial charge >= 0.3 is 6.03 Å². The SMILES string of the molecule is CN(C)C[C@@H]1CCN(C(=O)Nc2nc3c(s2)-c2cc(C(C)(C)C)ncc2OC3)[C@@H]1C(N)=O. The summed E-state index contributed by atoms with van der Waals surface area (Å²) >= 11 is 1.40. The second-order valence-electron chi connectivity index (χ2n) is 9.68. The number of urea groups is 1. The number of primary amides is 1. The Morgan fingerprint density at radius 2 is 2.12 bits per heavy atom. The Labute approximate surface area is 192 Å². The van der Waals surface area contributed by atoms with Crippen molar-refractivity contribution in [1.29, 1.82) is 0 Å². The number of carbonyl (C=O) groups excluding carboxylic acids is 2. The predicted octanol–water partition coefficient (Wildman–Crippen LogP) is 2.66. The normalized spacial score (nSPS) is 20.0. The number of amides is 3. The lowest BCUT2D eigenvalue weighted by atomic mass is 9.90. The van der Waals surface area contributed by atoms with Crippen LogP contribution in [0.25, 0.3) is 10.4 Å². The van der Waals surface area contributed by atoms with E-state index in [1.165, 1.54) is 16.2 Å². The maximum Gasteiger partial charge on any atom is 0.324 e. The van der Waals surface area contributed by atoms with Crippen LogP contribution in [0, 0.1) is 5.92 Å². The average Bonchev–Trinajstić information content (AvgIpc) is 3.30. The number of thiazole rings is 1. The summed E-state index contributed by atoms with van der Waals surface area (Å²) in [7, 11) is 3.89. The summed E-state index contributed by atoms with van der Waals surface area (Å²) < 4.78 is 5.83. The lowest BCUT2D eigenvalue weighted by Crippen LogP contribution is -2.49. The van der Waals surface area contributed by atoms with Crippen molar-refractivity contribution in [2.75, 3.05) is 32.5 Å². The Hall–Kier alpha value is -2.72. The predicted molar refractivity (Wildman–Crippen MR) is 124 cm³/mol. The van der Waals surface area contributed by atoms with E-state index in [0.29, 0.717) is 30.6 Å². The monoisotopic (exact) mass is 458 g/mol. The fourth-order valence-corrected chi connectivity index (χ4v) is 5.28. The van der Waals surface area contributed by atoms with Crippen molar-refractivity contribution in [3.05, 3.63) is 23.7 Å². The summed E-state index contributed by atoms with van der Waals surface area (Å²) in [5, 5.41) is 3.35. The van der Waals surface area contributed by atoms with Gasteiger partial charge in [0.05, 0.1) is 16.8 Å². The third kappa shape index (κ3) is 4.29. The number of fused-ring (bicyclic) bond motifs is 3. The van der Waals surface area contributed by atoms with E-state index >= 15 is 0 Å². The van der Waals surface area contributed by atoms with Crippen LogP contribution >= 0.6 is 11.3 Å². The molecule has 0 unspecified atom stereocenters. The van der Waals surface area contributed by atoms with Crippen molar-refractivity contribution < 1.29 is 14.3 Å². The van der Waals surface area contributed by atoms with Crippen LogP contribution in [-0.2, 0) is 16.8 Å². The van der Waals surface area contributed by atoms with Gasteiger partial charge in [-0.25, -0.2) is 9.78 Å². The smallest absolute Gasteiger partial charge is 0.324 e. The molecule has 172 valence electrons. The Morgan fingerprint density at radius 3 is 2.78 bits per heavy atom. The Kier molecular flexibility index (Phi) is 5.85. The van der Waals surface area contributed by atoms with Crippen LogP contribution in [0.2, 0.25) is 0 Å². The summed E-state index contributed by atoms with van der Waals surface area (Å²) in [5.41, 5.74) is 8.23. The molecule has 2 aromatic rings. The number of hydrogen-bond donors (Lipinski definition) is 2. The molecule has 2 atom stereocenters. The minimum atomic E-state index is -0.628. The van der Waals surface area contributed by atoms with Gasteiger partial charge in [0.15, 0.2) is 5.13 Å². The van der Waals surface area contributed by atoms with Gasteiger partial charge in [0.1, 0.15) is 18.4 Å². The zero-order valence-corrected chi connectivity index (χ0v) is 20.0. The number of nitrogens with two attached hydrogens (primary N) is 1. The highest BCUT2D eigenvalue weighted by atomic mass is 32.1. The molecule has 4 heterocycles. The first-order valence-corrected chi connectivity index (χ1v) is 11.5. The number of hydrogen-bond acceptors (Lipinski definition) is 7. The number of nitrogens with one attached hydrogen (secondary N) is 1. The minimum Gasteiger partial charge on any atom is -0.485 e. The largest absolute Gasteiger partial charge is 0.485 e. The molecule has 0 radical (unpaired) electrons. The van der Waals surface area contributed by atoms with Crippen molar-refractivity contribution >= 4 is 28.4 Å². The van der Waals surface area contributed by atoms with E-state index in [4.69, 9.17) is 10.5 Å². The molecule has 32 heavy (non-hydrogen) atoms. The van der Waals surface area contributed by atoms with Crippen LogP contribution in [0.15, 0.2) is 12.3 Å². The summed E-state index contributed by atoms with van der Waals surface area (Å²) in [4.78, 5) is 38.8. The molecular weight excluding hydrogens is 428 g/mol. The zero-order chi connectivity index (χ0) is 23.2. The van der Waals surface area contributed by atoms with Crippen LogP contribution in [0.5, 0.6) is 5.75 Å². The summed E-state index contributed by atoms with van der Waals surface area (Å²) in [6.07, 6.45) is 2.49. The number of aromatic nitrogens is 2. The summed E-state index contributed by atoms with van der Waals surface area (Å²) in [6.45, 7) is 7.83. The van der Waals surface area contributed by atoms with Crippen LogP contribution in [0.1, 0.15) is 38.6 Å². The molecule has 0 saturated carbocycles. The molecule has 3 amide bonds. The molecule has 0 spiro atoms. The van der Waals surface area contributed by atoms with E-state index in [0.717, 1.165) is 28.2 Å². The molecule has 10 heteroatoms. The van der Waals surface area contributed by atoms with Gasteiger partial charge in [0, 0.05) is 35.7 Å². The summed E-state index contributed by atoms with van der Waals surface area (Å²) in [5.74, 6) is 0.251. The molecule has 4 rings (SSSR count). The fourth-order valence-electron chi connectivity index (χ4n) is 4.30. The van der Waals surface area contributed by atoms with Gasteiger partial charge in [0.25, 0.3) is 0 Å². The van der Waals surface area contributed by atoms with E-state index in [2.05, 4.69) is 36.1 Å². The van der Waals surface area contributed by atoms with Crippen LogP contribution in [0.3, 0.4) is 0 Å². The standard InChI is InChI=1S/C22H30N6O3S/c1-22(2,3)16-8-13-15(9-24-16)31-11-14-18(13)32-20(25-14)26-21(30)28-7-6-12(10-27(4)5)17(28)19(23)29/h8-9,12,17H,6-7,10-11H2,1-5H3,(H2,23,29)(H,25,26,30)/t12-,17-/m0/s1. The topological polar surface area (TPSA) is 114 Å².